The minimum Gasteiger partial charge on any atom is -0.305 e. The summed E-state index contributed by atoms with van der Waals surface area (Å²) < 4.78 is 0. The van der Waals surface area contributed by atoms with E-state index >= 15 is 0 Å². The molecule has 0 aliphatic carbocycles. The molecule has 2 aromatic rings. The first-order valence-corrected chi connectivity index (χ1v) is 6.98. The van der Waals surface area contributed by atoms with Gasteiger partial charge in [0.1, 0.15) is 11.5 Å². The highest BCUT2D eigenvalue weighted by Crippen LogP contribution is 2.08. The average molecular weight is 306 g/mol. The van der Waals surface area contributed by atoms with E-state index in [0.29, 0.717) is 11.5 Å². The van der Waals surface area contributed by atoms with E-state index in [9.17, 15) is 4.79 Å². The molecule has 0 unspecified atom stereocenters. The highest BCUT2D eigenvalue weighted by atomic mass is 35.5. The second-order valence-corrected chi connectivity index (χ2v) is 4.64. The second-order valence-electron chi connectivity index (χ2n) is 4.64. The molecule has 112 valence electrons. The maximum Gasteiger partial charge on any atom is 0.275 e. The van der Waals surface area contributed by atoms with Gasteiger partial charge < -0.3 is 5.32 Å². The molecular weight excluding hydrogens is 286 g/mol. The molecule has 0 spiro atoms. The van der Waals surface area contributed by atoms with Crippen LogP contribution in [0.3, 0.4) is 0 Å². The maximum absolute atomic E-state index is 12.1. The molecule has 0 radical (unpaired) electrons. The Kier molecular flexibility index (Phi) is 7.40. The van der Waals surface area contributed by atoms with Gasteiger partial charge in [0.05, 0.1) is 0 Å². The summed E-state index contributed by atoms with van der Waals surface area (Å²) in [6.45, 7) is 2.17. The predicted octanol–water partition coefficient (Wildman–Crippen LogP) is 3.88. The summed E-state index contributed by atoms with van der Waals surface area (Å²) in [7, 11) is 0. The van der Waals surface area contributed by atoms with E-state index in [1.54, 1.807) is 18.3 Å². The third-order valence-corrected chi connectivity index (χ3v) is 2.98. The first kappa shape index (κ1) is 17.1. The van der Waals surface area contributed by atoms with Crippen molar-refractivity contribution in [1.29, 1.82) is 0 Å². The molecule has 4 nitrogen and oxygen atoms in total. The summed E-state index contributed by atoms with van der Waals surface area (Å²) >= 11 is 0. The van der Waals surface area contributed by atoms with Crippen LogP contribution in [0.25, 0.3) is 0 Å². The second kappa shape index (κ2) is 9.08. The van der Waals surface area contributed by atoms with Gasteiger partial charge >= 0.3 is 0 Å². The molecule has 0 aliphatic rings. The van der Waals surface area contributed by atoms with Gasteiger partial charge in [-0.25, -0.2) is 9.97 Å². The number of carbonyl (C=O) groups is 1. The molecule has 5 heteroatoms. The Labute approximate surface area is 131 Å². The fraction of sp³-hybridized carbons (Fsp3) is 0.312. The summed E-state index contributed by atoms with van der Waals surface area (Å²) in [5.41, 5.74) is 1.40. The first-order chi connectivity index (χ1) is 9.79. The van der Waals surface area contributed by atoms with Crippen LogP contribution in [0.2, 0.25) is 0 Å². The minimum atomic E-state index is -0.221. The lowest BCUT2D eigenvalue weighted by atomic mass is 10.1. The number of halogens is 1. The standard InChI is InChI=1S/C16H19N3O.ClH/c1-2-3-4-8-13-9-7-10-14(18-13)16(20)19-15-11-5-6-12-17-15;/h5-7,9-12H,2-4,8H2,1H3,(H,17,19,20);1H. The van der Waals surface area contributed by atoms with Crippen molar-refractivity contribution in [2.24, 2.45) is 0 Å². The normalized spacial score (nSPS) is 9.76. The average Bonchev–Trinajstić information content (AvgIpc) is 2.49. The monoisotopic (exact) mass is 305 g/mol. The number of pyridine rings is 2. The summed E-state index contributed by atoms with van der Waals surface area (Å²) in [6, 6.07) is 11.0. The fourth-order valence-electron chi connectivity index (χ4n) is 1.92. The molecule has 21 heavy (non-hydrogen) atoms. The molecule has 0 aliphatic heterocycles. The summed E-state index contributed by atoms with van der Waals surface area (Å²) in [6.07, 6.45) is 6.03. The number of amides is 1. The van der Waals surface area contributed by atoms with E-state index in [2.05, 4.69) is 22.2 Å². The first-order valence-electron chi connectivity index (χ1n) is 6.98. The maximum atomic E-state index is 12.1. The molecule has 2 heterocycles. The third kappa shape index (κ3) is 5.52. The van der Waals surface area contributed by atoms with Gasteiger partial charge in [-0.3, -0.25) is 4.79 Å². The van der Waals surface area contributed by atoms with Gasteiger partial charge in [0.25, 0.3) is 5.91 Å². The van der Waals surface area contributed by atoms with Crippen molar-refractivity contribution in [2.45, 2.75) is 32.6 Å². The van der Waals surface area contributed by atoms with E-state index in [1.165, 1.54) is 12.8 Å². The highest BCUT2D eigenvalue weighted by molar-refractivity contribution is 6.02. The van der Waals surface area contributed by atoms with Gasteiger partial charge in [-0.2, -0.15) is 0 Å². The van der Waals surface area contributed by atoms with Crippen LogP contribution in [0.1, 0.15) is 42.4 Å². The van der Waals surface area contributed by atoms with Crippen LogP contribution >= 0.6 is 12.4 Å². The number of carbonyl (C=O) groups excluding carboxylic acids is 1. The Hall–Kier alpha value is -1.94. The molecule has 0 bridgehead atoms. The lowest BCUT2D eigenvalue weighted by Gasteiger charge is -2.05. The number of unbranched alkanes of at least 4 members (excludes halogenated alkanes) is 2. The van der Waals surface area contributed by atoms with Gasteiger partial charge in [-0.15, -0.1) is 12.4 Å². The predicted molar refractivity (Wildman–Crippen MR) is 86.9 cm³/mol. The van der Waals surface area contributed by atoms with Crippen LogP contribution in [0.15, 0.2) is 42.6 Å². The van der Waals surface area contributed by atoms with Crippen molar-refractivity contribution in [3.8, 4) is 0 Å². The molecule has 0 atom stereocenters. The van der Waals surface area contributed by atoms with Gasteiger partial charge in [-0.1, -0.05) is 31.9 Å². The molecule has 0 fully saturated rings. The number of aromatic nitrogens is 2. The minimum absolute atomic E-state index is 0. The van der Waals surface area contributed by atoms with Crippen LogP contribution in [-0.2, 0) is 6.42 Å². The quantitative estimate of drug-likeness (QED) is 0.824. The Morgan fingerprint density at radius 2 is 2.00 bits per heavy atom. The Morgan fingerprint density at radius 3 is 2.71 bits per heavy atom. The SMILES string of the molecule is CCCCCc1cccc(C(=O)Nc2ccccn2)n1.Cl. The van der Waals surface area contributed by atoms with Crippen molar-refractivity contribution in [3.05, 3.63) is 54.0 Å². The number of nitrogens with one attached hydrogen (secondary N) is 1. The summed E-state index contributed by atoms with van der Waals surface area (Å²) in [5.74, 6) is 0.316. The Bertz CT molecular complexity index is 560. The van der Waals surface area contributed by atoms with Crippen LogP contribution in [0.5, 0.6) is 0 Å². The lowest BCUT2D eigenvalue weighted by Crippen LogP contribution is -2.15. The molecule has 2 aromatic heterocycles. The largest absolute Gasteiger partial charge is 0.305 e. The van der Waals surface area contributed by atoms with Crippen molar-refractivity contribution in [3.63, 3.8) is 0 Å². The highest BCUT2D eigenvalue weighted by Gasteiger charge is 2.08. The summed E-state index contributed by atoms with van der Waals surface area (Å²) in [5, 5.41) is 2.74. The lowest BCUT2D eigenvalue weighted by molar-refractivity contribution is 0.102. The van der Waals surface area contributed by atoms with Crippen LogP contribution in [-0.4, -0.2) is 15.9 Å². The van der Waals surface area contributed by atoms with E-state index in [-0.39, 0.29) is 18.3 Å². The molecular formula is C16H20ClN3O. The molecule has 0 saturated carbocycles. The van der Waals surface area contributed by atoms with Crippen molar-refractivity contribution in [2.75, 3.05) is 5.32 Å². The summed E-state index contributed by atoms with van der Waals surface area (Å²) in [4.78, 5) is 20.6. The number of aryl methyl sites for hydroxylation is 1. The van der Waals surface area contributed by atoms with Crippen LogP contribution in [0.4, 0.5) is 5.82 Å². The molecule has 1 amide bonds. The van der Waals surface area contributed by atoms with E-state index in [1.807, 2.05) is 24.3 Å². The molecule has 2 rings (SSSR count). The zero-order valence-corrected chi connectivity index (χ0v) is 12.9. The van der Waals surface area contributed by atoms with Crippen LogP contribution < -0.4 is 5.32 Å². The fourth-order valence-corrected chi connectivity index (χ4v) is 1.92. The number of rotatable bonds is 6. The van der Waals surface area contributed by atoms with E-state index in [0.717, 1.165) is 18.5 Å². The number of hydrogen-bond donors (Lipinski definition) is 1. The van der Waals surface area contributed by atoms with E-state index < -0.39 is 0 Å². The molecule has 0 saturated heterocycles. The van der Waals surface area contributed by atoms with Crippen molar-refractivity contribution >= 4 is 24.1 Å². The molecule has 0 aromatic carbocycles. The van der Waals surface area contributed by atoms with Crippen LogP contribution in [0, 0.1) is 0 Å². The number of hydrogen-bond acceptors (Lipinski definition) is 3. The number of anilines is 1. The van der Waals surface area contributed by atoms with Gasteiger partial charge in [0, 0.05) is 11.9 Å². The Morgan fingerprint density at radius 1 is 1.14 bits per heavy atom. The number of nitrogens with zero attached hydrogens (tertiary/aromatic N) is 2. The van der Waals surface area contributed by atoms with Gasteiger partial charge in [0.15, 0.2) is 0 Å². The Balaban J connectivity index is 0.00000220. The zero-order chi connectivity index (χ0) is 14.2. The topological polar surface area (TPSA) is 54.9 Å². The van der Waals surface area contributed by atoms with Crippen molar-refractivity contribution in [1.82, 2.24) is 9.97 Å². The zero-order valence-electron chi connectivity index (χ0n) is 12.1. The van der Waals surface area contributed by atoms with E-state index in [4.69, 9.17) is 0 Å². The molecule has 1 N–H and O–H groups in total. The van der Waals surface area contributed by atoms with Gasteiger partial charge in [-0.05, 0) is 37.1 Å². The van der Waals surface area contributed by atoms with Crippen molar-refractivity contribution < 1.29 is 4.79 Å². The third-order valence-electron chi connectivity index (χ3n) is 2.98. The van der Waals surface area contributed by atoms with Gasteiger partial charge in [0.2, 0.25) is 0 Å². The smallest absolute Gasteiger partial charge is 0.275 e.